The molecule has 0 aliphatic rings. The molecule has 0 saturated heterocycles. The number of hydrogen-bond donors (Lipinski definition) is 3. The van der Waals surface area contributed by atoms with E-state index in [9.17, 15) is 23.2 Å². The van der Waals surface area contributed by atoms with Crippen molar-refractivity contribution in [3.63, 3.8) is 0 Å². The van der Waals surface area contributed by atoms with Gasteiger partial charge in [-0.3, -0.25) is 0 Å². The number of aliphatic hydroxyl groups excluding tert-OH is 1. The SMILES string of the molecule is Cc1cc(N=Nc2[c-]cc3cc(S(=O)(=O)[O-])cc(O)c3c2O)c(C)cc1N=Nc1ccc(OCCO)cc1.O=S(=O)=O.[Na+].[Na+]. The molecule has 0 amide bonds. The predicted molar refractivity (Wildman–Crippen MR) is 147 cm³/mol. The molecule has 4 aromatic rings. The average molecular weight is 661 g/mol. The zero-order chi connectivity index (χ0) is 31.0. The number of benzene rings is 4. The van der Waals surface area contributed by atoms with Gasteiger partial charge in [-0.15, -0.1) is 18.0 Å². The Hall–Kier alpha value is -2.77. The molecule has 4 rings (SSSR count). The van der Waals surface area contributed by atoms with Gasteiger partial charge in [0.1, 0.15) is 28.2 Å². The van der Waals surface area contributed by atoms with Crippen LogP contribution in [0.3, 0.4) is 0 Å². The first-order valence-corrected chi connectivity index (χ1v) is 14.1. The van der Waals surface area contributed by atoms with Crippen molar-refractivity contribution in [2.24, 2.45) is 20.5 Å². The molecule has 0 fully saturated rings. The second-order valence-corrected chi connectivity index (χ2v) is 10.2. The van der Waals surface area contributed by atoms with E-state index in [0.717, 1.165) is 23.3 Å². The Morgan fingerprint density at radius 3 is 1.95 bits per heavy atom. The molecular weight excluding hydrogens is 638 g/mol. The molecule has 0 aliphatic heterocycles. The number of rotatable bonds is 8. The van der Waals surface area contributed by atoms with Crippen LogP contribution < -0.4 is 63.9 Å². The molecular formula is C26H22N4Na2O10S2. The molecule has 0 unspecified atom stereocenters. The fraction of sp³-hybridized carbons (Fsp3) is 0.154. The summed E-state index contributed by atoms with van der Waals surface area (Å²) in [6.07, 6.45) is 0. The van der Waals surface area contributed by atoms with E-state index in [4.69, 9.17) is 22.5 Å². The van der Waals surface area contributed by atoms with Crippen molar-refractivity contribution in [3.8, 4) is 17.2 Å². The number of ether oxygens (including phenoxy) is 1. The Labute approximate surface area is 297 Å². The number of aromatic hydroxyl groups is 2. The fourth-order valence-electron chi connectivity index (χ4n) is 3.54. The molecule has 18 heteroatoms. The Morgan fingerprint density at radius 2 is 1.43 bits per heavy atom. The minimum atomic E-state index is -4.80. The summed E-state index contributed by atoms with van der Waals surface area (Å²) in [4.78, 5) is -0.628. The molecule has 14 nitrogen and oxygen atoms in total. The van der Waals surface area contributed by atoms with Crippen LogP contribution in [0.15, 0.2) is 79.9 Å². The maximum Gasteiger partial charge on any atom is 1.00 e. The van der Waals surface area contributed by atoms with Crippen molar-refractivity contribution in [2.75, 3.05) is 13.2 Å². The summed E-state index contributed by atoms with van der Waals surface area (Å²) in [5.41, 5.74) is 3.15. The quantitative estimate of drug-likeness (QED) is 0.0883. The summed E-state index contributed by atoms with van der Waals surface area (Å²) in [5, 5.41) is 46.4. The third kappa shape index (κ3) is 11.0. The smallest absolute Gasteiger partial charge is 0.744 e. The monoisotopic (exact) mass is 660 g/mol. The third-order valence-corrected chi connectivity index (χ3v) is 6.29. The van der Waals surface area contributed by atoms with Crippen LogP contribution in [0.4, 0.5) is 22.7 Å². The summed E-state index contributed by atoms with van der Waals surface area (Å²) in [5.74, 6) is -0.440. The average Bonchev–Trinajstić information content (AvgIpc) is 2.91. The second-order valence-electron chi connectivity index (χ2n) is 8.44. The first-order valence-electron chi connectivity index (χ1n) is 11.7. The van der Waals surface area contributed by atoms with E-state index in [2.05, 4.69) is 26.5 Å². The molecule has 0 heterocycles. The first kappa shape index (κ1) is 39.3. The molecule has 44 heavy (non-hydrogen) atoms. The van der Waals surface area contributed by atoms with Crippen LogP contribution in [0, 0.1) is 19.9 Å². The molecule has 220 valence electrons. The third-order valence-electron chi connectivity index (χ3n) is 5.48. The normalized spacial score (nSPS) is 11.0. The van der Waals surface area contributed by atoms with Gasteiger partial charge in [0, 0.05) is 16.3 Å². The van der Waals surface area contributed by atoms with Crippen LogP contribution in [0.5, 0.6) is 17.2 Å². The molecule has 0 radical (unpaired) electrons. The molecule has 4 aromatic carbocycles. The maximum absolute atomic E-state index is 11.3. The zero-order valence-corrected chi connectivity index (χ0v) is 29.5. The van der Waals surface area contributed by atoms with Gasteiger partial charge in [0.2, 0.25) is 0 Å². The van der Waals surface area contributed by atoms with Crippen molar-refractivity contribution in [2.45, 2.75) is 18.7 Å². The number of phenolic OH excluding ortho intramolecular Hbond substituents is 2. The van der Waals surface area contributed by atoms with E-state index in [-0.39, 0.29) is 88.8 Å². The van der Waals surface area contributed by atoms with E-state index in [1.165, 1.54) is 6.07 Å². The largest absolute Gasteiger partial charge is 1.00 e. The van der Waals surface area contributed by atoms with Gasteiger partial charge >= 0.3 is 69.7 Å². The number of phenols is 2. The van der Waals surface area contributed by atoms with Crippen LogP contribution in [-0.4, -0.2) is 54.1 Å². The number of fused-ring (bicyclic) bond motifs is 1. The van der Waals surface area contributed by atoms with E-state index < -0.39 is 37.1 Å². The van der Waals surface area contributed by atoms with Crippen LogP contribution >= 0.6 is 0 Å². The Kier molecular flexibility index (Phi) is 15.7. The molecule has 0 saturated carbocycles. The maximum atomic E-state index is 11.3. The summed E-state index contributed by atoms with van der Waals surface area (Å²) in [6.45, 7) is 3.78. The summed E-state index contributed by atoms with van der Waals surface area (Å²) < 4.78 is 64.5. The summed E-state index contributed by atoms with van der Waals surface area (Å²) in [6, 6.07) is 16.3. The molecule has 0 aromatic heterocycles. The summed E-state index contributed by atoms with van der Waals surface area (Å²) in [7, 11) is -7.91. The van der Waals surface area contributed by atoms with Gasteiger partial charge in [-0.2, -0.15) is 32.6 Å². The Balaban J connectivity index is 0.00000152. The standard InChI is InChI=1S/C26H23N4O7S.2Na.O3S/c1-15-12-23(16(2)11-22(15)29-27-18-4-6-19(7-5-18)37-10-9-31)30-28-21-8-3-17-13-20(38(34,35)36)14-24(32)25(17)26(21)33;;;1-4(2)3/h3-7,11-14,31-33H,9-10H2,1-2H3,(H,34,35,36);;;/q-1;2*+1;/p-1. The number of nitrogens with zero attached hydrogens (tertiary/aromatic N) is 4. The minimum absolute atomic E-state index is 0. The molecule has 0 aliphatic carbocycles. The number of azo groups is 2. The fourth-order valence-corrected chi connectivity index (χ4v) is 4.06. The first-order chi connectivity index (χ1) is 19.8. The molecule has 0 atom stereocenters. The number of hydrogen-bond acceptors (Lipinski definition) is 14. The van der Waals surface area contributed by atoms with Crippen LogP contribution in [0.1, 0.15) is 11.1 Å². The van der Waals surface area contributed by atoms with Gasteiger partial charge in [-0.05, 0) is 72.8 Å². The van der Waals surface area contributed by atoms with Crippen LogP contribution in [0.25, 0.3) is 10.8 Å². The van der Waals surface area contributed by atoms with Gasteiger partial charge in [-0.1, -0.05) is 6.07 Å². The minimum Gasteiger partial charge on any atom is -0.744 e. The number of aryl methyl sites for hydroxylation is 2. The van der Waals surface area contributed by atoms with Crippen LogP contribution in [-0.2, 0) is 20.7 Å². The van der Waals surface area contributed by atoms with E-state index >= 15 is 0 Å². The van der Waals surface area contributed by atoms with E-state index in [1.54, 1.807) is 43.3 Å². The predicted octanol–water partition coefficient (Wildman–Crippen LogP) is -1.22. The van der Waals surface area contributed by atoms with E-state index in [0.29, 0.717) is 22.8 Å². The van der Waals surface area contributed by atoms with Gasteiger partial charge in [0.25, 0.3) is 0 Å². The van der Waals surface area contributed by atoms with Crippen molar-refractivity contribution in [1.82, 2.24) is 0 Å². The topological polar surface area (TPSA) is 228 Å². The summed E-state index contributed by atoms with van der Waals surface area (Å²) >= 11 is 0. The Morgan fingerprint density at radius 1 is 0.886 bits per heavy atom. The van der Waals surface area contributed by atoms with Gasteiger partial charge in [-0.25, -0.2) is 8.42 Å². The Bertz CT molecular complexity index is 1900. The van der Waals surface area contributed by atoms with Crippen molar-refractivity contribution < 1.29 is 105 Å². The zero-order valence-electron chi connectivity index (χ0n) is 23.9. The van der Waals surface area contributed by atoms with Gasteiger partial charge < -0.3 is 24.6 Å². The number of aliphatic hydroxyl groups is 1. The molecule has 0 spiro atoms. The van der Waals surface area contributed by atoms with Crippen molar-refractivity contribution in [1.29, 1.82) is 0 Å². The van der Waals surface area contributed by atoms with Crippen molar-refractivity contribution >= 4 is 54.2 Å². The molecule has 3 N–H and O–H groups in total. The molecule has 0 bridgehead atoms. The van der Waals surface area contributed by atoms with E-state index in [1.807, 2.05) is 6.92 Å². The van der Waals surface area contributed by atoms with Gasteiger partial charge in [0.05, 0.1) is 23.7 Å². The van der Waals surface area contributed by atoms with Gasteiger partial charge in [0.15, 0.2) is 0 Å². The second kappa shape index (κ2) is 17.6. The van der Waals surface area contributed by atoms with Crippen LogP contribution in [0.2, 0.25) is 0 Å². The van der Waals surface area contributed by atoms with Crippen molar-refractivity contribution in [3.05, 3.63) is 71.8 Å².